The lowest BCUT2D eigenvalue weighted by Gasteiger charge is -2.73. The van der Waals surface area contributed by atoms with E-state index in [0.29, 0.717) is 36.0 Å². The molecule has 292 valence electrons. The molecule has 11 atom stereocenters. The van der Waals surface area contributed by atoms with E-state index in [9.17, 15) is 19.5 Å². The van der Waals surface area contributed by atoms with Gasteiger partial charge in [-0.05, 0) is 141 Å². The Morgan fingerprint density at radius 2 is 1.56 bits per heavy atom. The Labute approximate surface area is 315 Å². The molecule has 1 aliphatic heterocycles. The van der Waals surface area contributed by atoms with E-state index < -0.39 is 11.4 Å². The second-order valence-corrected chi connectivity index (χ2v) is 21.2. The normalized spacial score (nSPS) is 42.2. The van der Waals surface area contributed by atoms with Gasteiger partial charge in [0, 0.05) is 36.7 Å². The topological polar surface area (TPSA) is 95.9 Å². The Hall–Kier alpha value is -2.31. The molecule has 0 unspecified atom stereocenters. The highest BCUT2D eigenvalue weighted by atomic mass is 16.5. The minimum absolute atomic E-state index is 0.0473. The summed E-state index contributed by atoms with van der Waals surface area (Å²) in [7, 11) is 0. The summed E-state index contributed by atoms with van der Waals surface area (Å²) in [6.45, 7) is 31.1. The Balaban J connectivity index is 1.21. The molecule has 2 N–H and O–H groups in total. The second-order valence-electron chi connectivity index (χ2n) is 21.2. The molecule has 1 amide bonds. The molecule has 6 aliphatic rings. The standard InChI is InChI=1S/C45H72N2O5/c1-28(2)31-14-20-45(24-36(48)46-30-17-23-47(27-30)29(3)4)22-21-43(10)32(39(31)45)12-13-34-42(9)18-16-35(41(7,8)33(42)15-19-44(34,43)11)52-38(51)26-40(5,6)25-37(49)50/h30-35,39H,1,3,12-27H2,2,4-11H3,(H,46,48)(H,49,50)/t30-,31+,32-,33+,34-,35+,39-,42+,43-,44-,45-/m1/s1. The lowest BCUT2D eigenvalue weighted by Crippen LogP contribution is -2.67. The van der Waals surface area contributed by atoms with Gasteiger partial charge in [-0.2, -0.15) is 0 Å². The van der Waals surface area contributed by atoms with Crippen LogP contribution in [0.3, 0.4) is 0 Å². The molecule has 52 heavy (non-hydrogen) atoms. The zero-order valence-electron chi connectivity index (χ0n) is 34.3. The van der Waals surface area contributed by atoms with Gasteiger partial charge in [0.1, 0.15) is 6.10 Å². The summed E-state index contributed by atoms with van der Waals surface area (Å²) in [6.07, 6.45) is 12.9. The molecule has 6 fully saturated rings. The van der Waals surface area contributed by atoms with Crippen molar-refractivity contribution in [3.05, 3.63) is 24.4 Å². The van der Waals surface area contributed by atoms with Crippen molar-refractivity contribution in [2.45, 2.75) is 164 Å². The number of nitrogens with zero attached hydrogens (tertiary/aromatic N) is 1. The summed E-state index contributed by atoms with van der Waals surface area (Å²) >= 11 is 0. The minimum atomic E-state index is -0.882. The van der Waals surface area contributed by atoms with Crippen LogP contribution in [-0.2, 0) is 19.1 Å². The van der Waals surface area contributed by atoms with Gasteiger partial charge in [0.15, 0.2) is 0 Å². The molecule has 1 saturated heterocycles. The highest BCUT2D eigenvalue weighted by Gasteiger charge is 2.71. The van der Waals surface area contributed by atoms with Crippen LogP contribution in [0.4, 0.5) is 0 Å². The van der Waals surface area contributed by atoms with Crippen LogP contribution in [0.15, 0.2) is 24.4 Å². The SMILES string of the molecule is C=C(C)[C@@H]1CC[C@]2(CC(=O)N[C@@H]3CCN(C(=C)C)C3)CC[C@]3(C)[C@H](CC[C@@H]4[C@@]5(C)CC[C@H](OC(=O)CC(C)(C)CC(=O)O)C(C)(C)[C@@H]5CC[C@]43C)[C@@H]12. The zero-order chi connectivity index (χ0) is 38.2. The summed E-state index contributed by atoms with van der Waals surface area (Å²) in [5, 5.41) is 12.8. The maximum absolute atomic E-state index is 13.9. The predicted octanol–water partition coefficient (Wildman–Crippen LogP) is 9.56. The number of nitrogens with one attached hydrogen (secondary N) is 1. The van der Waals surface area contributed by atoms with Crippen molar-refractivity contribution in [1.29, 1.82) is 0 Å². The van der Waals surface area contributed by atoms with Crippen molar-refractivity contribution in [2.75, 3.05) is 13.1 Å². The number of hydrogen-bond acceptors (Lipinski definition) is 5. The average Bonchev–Trinajstić information content (AvgIpc) is 3.63. The van der Waals surface area contributed by atoms with Crippen LogP contribution < -0.4 is 5.32 Å². The van der Waals surface area contributed by atoms with E-state index in [1.807, 2.05) is 13.8 Å². The van der Waals surface area contributed by atoms with Gasteiger partial charge in [-0.3, -0.25) is 14.4 Å². The number of aliphatic carboxylic acids is 1. The molecule has 5 saturated carbocycles. The van der Waals surface area contributed by atoms with Gasteiger partial charge in [-0.1, -0.05) is 67.2 Å². The number of carboxylic acid groups (broad SMARTS) is 1. The number of carbonyl (C=O) groups is 3. The summed E-state index contributed by atoms with van der Waals surface area (Å²) in [6, 6.07) is 0.211. The van der Waals surface area contributed by atoms with Crippen LogP contribution in [0.2, 0.25) is 0 Å². The molecular formula is C45H72N2O5. The Morgan fingerprint density at radius 1 is 0.846 bits per heavy atom. The third-order valence-corrected chi connectivity index (χ3v) is 17.3. The number of hydrogen-bond donors (Lipinski definition) is 2. The van der Waals surface area contributed by atoms with Crippen molar-refractivity contribution < 1.29 is 24.2 Å². The van der Waals surface area contributed by atoms with Crippen molar-refractivity contribution >= 4 is 17.8 Å². The summed E-state index contributed by atoms with van der Waals surface area (Å²) in [5.41, 5.74) is 2.22. The van der Waals surface area contributed by atoms with Crippen molar-refractivity contribution in [3.63, 3.8) is 0 Å². The maximum atomic E-state index is 13.9. The first-order valence-corrected chi connectivity index (χ1v) is 20.9. The number of fused-ring (bicyclic) bond motifs is 7. The highest BCUT2D eigenvalue weighted by molar-refractivity contribution is 5.77. The molecule has 5 aliphatic carbocycles. The minimum Gasteiger partial charge on any atom is -0.481 e. The first kappa shape index (κ1) is 39.4. The number of ether oxygens (including phenoxy) is 1. The molecule has 7 nitrogen and oxygen atoms in total. The molecule has 0 radical (unpaired) electrons. The third kappa shape index (κ3) is 6.48. The van der Waals surface area contributed by atoms with Crippen LogP contribution in [-0.4, -0.2) is 53.1 Å². The molecule has 0 aromatic heterocycles. The van der Waals surface area contributed by atoms with E-state index in [-0.39, 0.29) is 63.9 Å². The number of carbonyl (C=O) groups excluding carboxylic acids is 2. The van der Waals surface area contributed by atoms with Crippen LogP contribution in [0.25, 0.3) is 0 Å². The van der Waals surface area contributed by atoms with Crippen molar-refractivity contribution in [1.82, 2.24) is 10.2 Å². The smallest absolute Gasteiger partial charge is 0.306 e. The van der Waals surface area contributed by atoms with E-state index in [1.54, 1.807) is 0 Å². The van der Waals surface area contributed by atoms with E-state index in [1.165, 1.54) is 31.3 Å². The van der Waals surface area contributed by atoms with Crippen LogP contribution in [0.1, 0.15) is 152 Å². The van der Waals surface area contributed by atoms with Crippen LogP contribution in [0, 0.1) is 62.1 Å². The van der Waals surface area contributed by atoms with Gasteiger partial charge >= 0.3 is 11.9 Å². The highest BCUT2D eigenvalue weighted by Crippen LogP contribution is 2.78. The fourth-order valence-electron chi connectivity index (χ4n) is 14.7. The summed E-state index contributed by atoms with van der Waals surface area (Å²) < 4.78 is 6.29. The predicted molar refractivity (Wildman–Crippen MR) is 207 cm³/mol. The number of allylic oxidation sites excluding steroid dienone is 2. The Morgan fingerprint density at radius 3 is 2.19 bits per heavy atom. The first-order valence-electron chi connectivity index (χ1n) is 20.9. The average molecular weight is 721 g/mol. The first-order chi connectivity index (χ1) is 24.1. The number of carboxylic acids is 1. The van der Waals surface area contributed by atoms with E-state index in [2.05, 4.69) is 71.8 Å². The molecule has 0 bridgehead atoms. The Kier molecular flexibility index (Phi) is 10.2. The largest absolute Gasteiger partial charge is 0.481 e. The molecule has 0 aromatic carbocycles. The number of amides is 1. The zero-order valence-corrected chi connectivity index (χ0v) is 34.3. The summed E-state index contributed by atoms with van der Waals surface area (Å²) in [5.74, 6) is 1.74. The molecule has 0 spiro atoms. The van der Waals surface area contributed by atoms with E-state index >= 15 is 0 Å². The Bertz CT molecular complexity index is 1470. The van der Waals surface area contributed by atoms with Crippen LogP contribution >= 0.6 is 0 Å². The van der Waals surface area contributed by atoms with Crippen molar-refractivity contribution in [2.24, 2.45) is 62.1 Å². The van der Waals surface area contributed by atoms with Gasteiger partial charge in [0.05, 0.1) is 12.8 Å². The maximum Gasteiger partial charge on any atom is 0.306 e. The number of likely N-dealkylation sites (tertiary alicyclic amines) is 1. The molecule has 6 rings (SSSR count). The van der Waals surface area contributed by atoms with Gasteiger partial charge in [-0.15, -0.1) is 0 Å². The second kappa shape index (κ2) is 13.5. The molecular weight excluding hydrogens is 649 g/mol. The van der Waals surface area contributed by atoms with Crippen molar-refractivity contribution in [3.8, 4) is 0 Å². The monoisotopic (exact) mass is 721 g/mol. The lowest BCUT2D eigenvalue weighted by molar-refractivity contribution is -0.250. The number of rotatable bonds is 10. The van der Waals surface area contributed by atoms with E-state index in [0.717, 1.165) is 63.7 Å². The van der Waals surface area contributed by atoms with E-state index in [4.69, 9.17) is 4.74 Å². The summed E-state index contributed by atoms with van der Waals surface area (Å²) in [4.78, 5) is 40.9. The fraction of sp³-hybridized carbons (Fsp3) is 0.844. The van der Waals surface area contributed by atoms with Gasteiger partial charge in [0.25, 0.3) is 0 Å². The molecule has 7 heteroatoms. The quantitative estimate of drug-likeness (QED) is 0.172. The van der Waals surface area contributed by atoms with Crippen LogP contribution in [0.5, 0.6) is 0 Å². The van der Waals surface area contributed by atoms with Gasteiger partial charge < -0.3 is 20.1 Å². The van der Waals surface area contributed by atoms with Gasteiger partial charge in [-0.25, -0.2) is 0 Å². The van der Waals surface area contributed by atoms with Gasteiger partial charge in [0.2, 0.25) is 5.91 Å². The number of esters is 1. The third-order valence-electron chi connectivity index (χ3n) is 17.3. The molecule has 0 aromatic rings. The fourth-order valence-corrected chi connectivity index (χ4v) is 14.7. The molecule has 1 heterocycles. The lowest BCUT2D eigenvalue weighted by atomic mass is 9.32.